The lowest BCUT2D eigenvalue weighted by molar-refractivity contribution is -0.670. The van der Waals surface area contributed by atoms with E-state index < -0.39 is 12.2 Å². The minimum atomic E-state index is -1.37. The molecule has 0 unspecified atom stereocenters. The van der Waals surface area contributed by atoms with Gasteiger partial charge in [0.1, 0.15) is 12.4 Å². The summed E-state index contributed by atoms with van der Waals surface area (Å²) in [6, 6.07) is 0. The molecule has 4 N–H and O–H groups in total. The molecular formula is C9H10ClN7O4. The first-order chi connectivity index (χ1) is 9.44. The van der Waals surface area contributed by atoms with Crippen LogP contribution in [-0.2, 0) is 7.05 Å². The van der Waals surface area contributed by atoms with Crippen LogP contribution in [0.15, 0.2) is 18.7 Å². The first-order valence-corrected chi connectivity index (χ1v) is 5.23. The van der Waals surface area contributed by atoms with E-state index in [-0.39, 0.29) is 30.3 Å². The van der Waals surface area contributed by atoms with E-state index in [0.29, 0.717) is 0 Å². The van der Waals surface area contributed by atoms with Crippen molar-refractivity contribution in [2.24, 2.45) is 7.05 Å². The van der Waals surface area contributed by atoms with Gasteiger partial charge in [0.15, 0.2) is 0 Å². The van der Waals surface area contributed by atoms with Gasteiger partial charge in [0.05, 0.1) is 7.05 Å². The molecule has 2 heterocycles. The number of amides is 2. The van der Waals surface area contributed by atoms with E-state index in [0.717, 1.165) is 0 Å². The maximum atomic E-state index is 10.6. The number of hydrogen-bond acceptors (Lipinski definition) is 5. The zero-order valence-electron chi connectivity index (χ0n) is 10.6. The topological polar surface area (TPSA) is 146 Å². The Hall–Kier alpha value is -2.95. The van der Waals surface area contributed by atoms with E-state index in [1.54, 1.807) is 30.3 Å². The molecule has 0 saturated heterocycles. The number of aromatic nitrogens is 5. The molecule has 112 valence electrons. The summed E-state index contributed by atoms with van der Waals surface area (Å²) < 4.78 is 3.18. The Morgan fingerprint density at radius 1 is 1.14 bits per heavy atom. The Labute approximate surface area is 123 Å². The molecule has 0 radical (unpaired) electrons. The van der Waals surface area contributed by atoms with Crippen molar-refractivity contribution in [2.75, 3.05) is 10.6 Å². The van der Waals surface area contributed by atoms with Crippen molar-refractivity contribution in [3.63, 3.8) is 0 Å². The van der Waals surface area contributed by atoms with Gasteiger partial charge in [-0.15, -0.1) is 0 Å². The monoisotopic (exact) mass is 315 g/mol. The summed E-state index contributed by atoms with van der Waals surface area (Å²) in [5, 5.41) is 21.2. The number of carboxylic acid groups (broad SMARTS) is 2. The summed E-state index contributed by atoms with van der Waals surface area (Å²) in [6.07, 6.45) is 2.19. The van der Waals surface area contributed by atoms with Gasteiger partial charge in [0, 0.05) is 0 Å². The smallest absolute Gasteiger partial charge is 0.411 e. The maximum Gasteiger partial charge on any atom is 0.411 e. The van der Waals surface area contributed by atoms with Crippen molar-refractivity contribution in [3.8, 4) is 5.95 Å². The average Bonchev–Trinajstić information content (AvgIpc) is 2.73. The summed E-state index contributed by atoms with van der Waals surface area (Å²) >= 11 is 0. The lowest BCUT2D eigenvalue weighted by atomic mass is 10.7. The number of carbonyl (C=O) groups is 2. The first-order valence-electron chi connectivity index (χ1n) is 5.23. The lowest BCUT2D eigenvalue weighted by Crippen LogP contribution is -3.00. The number of nitrogens with zero attached hydrogens (tertiary/aromatic N) is 5. The molecule has 0 aliphatic heterocycles. The van der Waals surface area contributed by atoms with Gasteiger partial charge in [-0.05, 0) is 0 Å². The van der Waals surface area contributed by atoms with Crippen LogP contribution in [0, 0.1) is 0 Å². The lowest BCUT2D eigenvalue weighted by Gasteiger charge is -2.03. The Morgan fingerprint density at radius 2 is 1.67 bits per heavy atom. The number of aryl methyl sites for hydroxylation is 1. The second-order valence-electron chi connectivity index (χ2n) is 3.63. The second-order valence-corrected chi connectivity index (χ2v) is 3.63. The summed E-state index contributed by atoms with van der Waals surface area (Å²) in [7, 11) is 1.77. The Kier molecular flexibility index (Phi) is 4.96. The van der Waals surface area contributed by atoms with Gasteiger partial charge < -0.3 is 22.6 Å². The molecule has 2 aromatic rings. The number of nitrogens with one attached hydrogen (secondary N) is 2. The van der Waals surface area contributed by atoms with Gasteiger partial charge in [0.25, 0.3) is 6.33 Å². The number of anilines is 2. The van der Waals surface area contributed by atoms with Crippen LogP contribution < -0.4 is 27.6 Å². The van der Waals surface area contributed by atoms with Crippen LogP contribution in [0.3, 0.4) is 0 Å². The molecule has 0 fully saturated rings. The molecule has 0 aromatic carbocycles. The van der Waals surface area contributed by atoms with Crippen LogP contribution in [0.2, 0.25) is 0 Å². The van der Waals surface area contributed by atoms with Crippen molar-refractivity contribution in [1.82, 2.24) is 19.5 Å². The van der Waals surface area contributed by atoms with E-state index in [1.165, 1.54) is 4.57 Å². The molecule has 2 amide bonds. The highest BCUT2D eigenvalue weighted by molar-refractivity contribution is 5.82. The van der Waals surface area contributed by atoms with Crippen LogP contribution in [0.1, 0.15) is 0 Å². The molecule has 0 saturated carbocycles. The van der Waals surface area contributed by atoms with Crippen molar-refractivity contribution < 1.29 is 36.8 Å². The van der Waals surface area contributed by atoms with Crippen molar-refractivity contribution in [2.45, 2.75) is 0 Å². The molecule has 2 rings (SSSR count). The third-order valence-corrected chi connectivity index (χ3v) is 2.06. The normalized spacial score (nSPS) is 9.57. The molecule has 2 aromatic heterocycles. The summed E-state index contributed by atoms with van der Waals surface area (Å²) in [5.41, 5.74) is 0. The number of halogens is 1. The third kappa shape index (κ3) is 4.28. The van der Waals surface area contributed by atoms with Crippen LogP contribution in [0.4, 0.5) is 21.5 Å². The minimum Gasteiger partial charge on any atom is -1.00 e. The molecule has 0 spiro atoms. The average molecular weight is 316 g/mol. The number of rotatable bonds is 3. The Bertz CT molecular complexity index is 640. The van der Waals surface area contributed by atoms with E-state index in [9.17, 15) is 9.59 Å². The van der Waals surface area contributed by atoms with Crippen molar-refractivity contribution >= 4 is 24.1 Å². The van der Waals surface area contributed by atoms with E-state index in [2.05, 4.69) is 15.0 Å². The SMILES string of the molecule is C[n+]1ccn(-c2nc(NC(=O)O)nc(NC(=O)O)n2)c1.[Cl-]. The van der Waals surface area contributed by atoms with Crippen LogP contribution in [0.5, 0.6) is 0 Å². The van der Waals surface area contributed by atoms with Crippen LogP contribution >= 0.6 is 0 Å². The number of imidazole rings is 1. The third-order valence-electron chi connectivity index (χ3n) is 2.06. The zero-order chi connectivity index (χ0) is 14.7. The predicted molar refractivity (Wildman–Crippen MR) is 63.6 cm³/mol. The van der Waals surface area contributed by atoms with Gasteiger partial charge in [0.2, 0.25) is 11.9 Å². The predicted octanol–water partition coefficient (Wildman–Crippen LogP) is -3.33. The van der Waals surface area contributed by atoms with Gasteiger partial charge >= 0.3 is 18.1 Å². The fourth-order valence-corrected chi connectivity index (χ4v) is 1.35. The Morgan fingerprint density at radius 3 is 2.05 bits per heavy atom. The van der Waals surface area contributed by atoms with E-state index in [1.807, 2.05) is 10.6 Å². The van der Waals surface area contributed by atoms with Crippen LogP contribution in [-0.4, -0.2) is 41.9 Å². The molecule has 0 bridgehead atoms. The fourth-order valence-electron chi connectivity index (χ4n) is 1.35. The standard InChI is InChI=1S/C9H9N7O4.ClH/c1-15-2-3-16(4-15)7-11-5(13-8(17)18)10-6(12-7)14-9(19)20;/h2-4H,1H3,(H3-,10,11,12,13,14,17,18,19,20);1H. The summed E-state index contributed by atoms with van der Waals surface area (Å²) in [6.45, 7) is 0. The molecule has 0 aliphatic rings. The van der Waals surface area contributed by atoms with Gasteiger partial charge in [-0.25, -0.2) is 14.2 Å². The minimum absolute atomic E-state index is 0. The Balaban J connectivity index is 0.00000220. The first kappa shape index (κ1) is 16.1. The maximum absolute atomic E-state index is 10.6. The largest absolute Gasteiger partial charge is 1.00 e. The quantitative estimate of drug-likeness (QED) is 0.433. The molecule has 12 heteroatoms. The number of hydrogen-bond donors (Lipinski definition) is 4. The van der Waals surface area contributed by atoms with Crippen molar-refractivity contribution in [1.29, 1.82) is 0 Å². The highest BCUT2D eigenvalue weighted by atomic mass is 35.5. The van der Waals surface area contributed by atoms with E-state index in [4.69, 9.17) is 10.2 Å². The van der Waals surface area contributed by atoms with E-state index >= 15 is 0 Å². The molecule has 0 aliphatic carbocycles. The molecule has 21 heavy (non-hydrogen) atoms. The summed E-state index contributed by atoms with van der Waals surface area (Å²) in [4.78, 5) is 32.5. The van der Waals surface area contributed by atoms with Gasteiger partial charge in [-0.2, -0.15) is 19.5 Å². The van der Waals surface area contributed by atoms with Crippen LogP contribution in [0.25, 0.3) is 5.95 Å². The highest BCUT2D eigenvalue weighted by Crippen LogP contribution is 2.08. The molecular weight excluding hydrogens is 306 g/mol. The zero-order valence-corrected chi connectivity index (χ0v) is 11.3. The highest BCUT2D eigenvalue weighted by Gasteiger charge is 2.15. The second kappa shape index (κ2) is 6.47. The molecule has 11 nitrogen and oxygen atoms in total. The van der Waals surface area contributed by atoms with Gasteiger partial charge in [-0.3, -0.25) is 10.6 Å². The molecule has 0 atom stereocenters. The van der Waals surface area contributed by atoms with Crippen molar-refractivity contribution in [3.05, 3.63) is 18.7 Å². The summed E-state index contributed by atoms with van der Waals surface area (Å²) in [5.74, 6) is -0.515. The fraction of sp³-hybridized carbons (Fsp3) is 0.111. The van der Waals surface area contributed by atoms with Gasteiger partial charge in [-0.1, -0.05) is 0 Å².